The molecule has 0 aliphatic heterocycles. The van der Waals surface area contributed by atoms with Gasteiger partial charge in [-0.25, -0.2) is 4.79 Å². The minimum absolute atomic E-state index is 0.00426. The van der Waals surface area contributed by atoms with E-state index in [2.05, 4.69) is 10.6 Å². The van der Waals surface area contributed by atoms with E-state index in [0.717, 1.165) is 5.56 Å². The van der Waals surface area contributed by atoms with Crippen molar-refractivity contribution in [2.75, 3.05) is 6.54 Å². The van der Waals surface area contributed by atoms with Crippen molar-refractivity contribution in [1.82, 2.24) is 16.0 Å². The SMILES string of the molecule is C[C@H](NC(=O)CNC(=O)OCc1ccccc1)C(=O)NC(O)(CCc1ccccc1)S(=O)(=O)O. The zero-order valence-corrected chi connectivity index (χ0v) is 19.2. The van der Waals surface area contributed by atoms with Gasteiger partial charge in [-0.2, -0.15) is 8.42 Å². The molecular weight excluding hydrogens is 466 g/mol. The predicted octanol–water partition coefficient (Wildman–Crippen LogP) is 0.700. The number of alkyl carbamates (subject to hydrolysis) is 1. The number of aliphatic hydroxyl groups is 1. The predicted molar refractivity (Wildman–Crippen MR) is 122 cm³/mol. The Hall–Kier alpha value is -3.48. The van der Waals surface area contributed by atoms with Gasteiger partial charge < -0.3 is 25.8 Å². The second-order valence-corrected chi connectivity index (χ2v) is 9.06. The molecule has 3 amide bonds. The minimum Gasteiger partial charge on any atom is -0.445 e. The summed E-state index contributed by atoms with van der Waals surface area (Å²) >= 11 is 0. The monoisotopic (exact) mass is 493 g/mol. The van der Waals surface area contributed by atoms with Gasteiger partial charge in [0.15, 0.2) is 0 Å². The van der Waals surface area contributed by atoms with E-state index in [1.165, 1.54) is 6.92 Å². The van der Waals surface area contributed by atoms with Crippen molar-refractivity contribution in [3.05, 3.63) is 71.8 Å². The Kier molecular flexibility index (Phi) is 9.54. The average Bonchev–Trinajstić information content (AvgIpc) is 2.80. The van der Waals surface area contributed by atoms with E-state index < -0.39 is 52.1 Å². The number of nitrogens with one attached hydrogen (secondary N) is 3. The summed E-state index contributed by atoms with van der Waals surface area (Å²) < 4.78 is 37.9. The molecule has 0 aromatic heterocycles. The summed E-state index contributed by atoms with van der Waals surface area (Å²) in [5.74, 6) is -1.83. The van der Waals surface area contributed by atoms with Crippen LogP contribution < -0.4 is 16.0 Å². The van der Waals surface area contributed by atoms with E-state index in [-0.39, 0.29) is 13.0 Å². The fourth-order valence-corrected chi connectivity index (χ4v) is 3.39. The first-order chi connectivity index (χ1) is 16.0. The maximum absolute atomic E-state index is 12.4. The van der Waals surface area contributed by atoms with Gasteiger partial charge in [0.2, 0.25) is 11.8 Å². The fourth-order valence-electron chi connectivity index (χ4n) is 2.80. The van der Waals surface area contributed by atoms with E-state index in [0.29, 0.717) is 5.56 Å². The molecule has 0 heterocycles. The molecule has 0 saturated carbocycles. The van der Waals surface area contributed by atoms with Crippen molar-refractivity contribution in [2.45, 2.75) is 37.5 Å². The molecule has 0 bridgehead atoms. The molecule has 0 aliphatic carbocycles. The van der Waals surface area contributed by atoms with Gasteiger partial charge in [-0.1, -0.05) is 60.7 Å². The van der Waals surface area contributed by atoms with Crippen LogP contribution in [0.1, 0.15) is 24.5 Å². The van der Waals surface area contributed by atoms with E-state index in [1.807, 2.05) is 11.4 Å². The van der Waals surface area contributed by atoms with Crippen LogP contribution in [0.15, 0.2) is 60.7 Å². The molecule has 12 heteroatoms. The number of hydrogen-bond acceptors (Lipinski definition) is 7. The number of hydrogen-bond donors (Lipinski definition) is 5. The van der Waals surface area contributed by atoms with Crippen LogP contribution in [0.2, 0.25) is 0 Å². The summed E-state index contributed by atoms with van der Waals surface area (Å²) in [6, 6.07) is 16.1. The Morgan fingerprint density at radius 2 is 1.56 bits per heavy atom. The minimum atomic E-state index is -5.11. The molecule has 2 aromatic carbocycles. The number of rotatable bonds is 11. The number of benzene rings is 2. The lowest BCUT2D eigenvalue weighted by atomic mass is 10.1. The van der Waals surface area contributed by atoms with Gasteiger partial charge in [-0.05, 0) is 24.5 Å². The molecule has 34 heavy (non-hydrogen) atoms. The molecule has 0 spiro atoms. The Morgan fingerprint density at radius 3 is 2.12 bits per heavy atom. The third kappa shape index (κ3) is 8.46. The van der Waals surface area contributed by atoms with Crippen molar-refractivity contribution in [1.29, 1.82) is 0 Å². The molecular formula is C22H27N3O8S. The maximum atomic E-state index is 12.4. The van der Waals surface area contributed by atoms with E-state index in [1.54, 1.807) is 54.6 Å². The summed E-state index contributed by atoms with van der Waals surface area (Å²) in [7, 11) is -5.11. The molecule has 2 aromatic rings. The highest BCUT2D eigenvalue weighted by molar-refractivity contribution is 7.87. The number of aryl methyl sites for hydroxylation is 1. The Morgan fingerprint density at radius 1 is 1.00 bits per heavy atom. The zero-order valence-electron chi connectivity index (χ0n) is 18.4. The van der Waals surface area contributed by atoms with Gasteiger partial charge in [0.05, 0.1) is 0 Å². The van der Waals surface area contributed by atoms with Crippen LogP contribution in [-0.4, -0.2) is 53.6 Å². The van der Waals surface area contributed by atoms with Gasteiger partial charge in [-0.15, -0.1) is 0 Å². The standard InChI is InChI=1S/C22H27N3O8S/c1-16(24-19(26)14-23-21(28)33-15-18-10-6-3-7-11-18)20(27)25-22(29,34(30,31)32)13-12-17-8-4-2-5-9-17/h2-11,16,29H,12-15H2,1H3,(H,23,28)(H,24,26)(H,25,27)(H,30,31,32)/t16-,22?/m0/s1. The van der Waals surface area contributed by atoms with Gasteiger partial charge in [-0.3, -0.25) is 14.1 Å². The van der Waals surface area contributed by atoms with E-state index >= 15 is 0 Å². The first-order valence-electron chi connectivity index (χ1n) is 10.3. The van der Waals surface area contributed by atoms with Gasteiger partial charge in [0.25, 0.3) is 5.06 Å². The van der Waals surface area contributed by atoms with Crippen molar-refractivity contribution in [3.63, 3.8) is 0 Å². The van der Waals surface area contributed by atoms with Crippen LogP contribution >= 0.6 is 0 Å². The first-order valence-corrected chi connectivity index (χ1v) is 11.7. The van der Waals surface area contributed by atoms with Crippen molar-refractivity contribution < 1.29 is 37.2 Å². The summed E-state index contributed by atoms with van der Waals surface area (Å²) in [4.78, 5) is 36.1. The lowest BCUT2D eigenvalue weighted by Crippen LogP contribution is -2.59. The lowest BCUT2D eigenvalue weighted by molar-refractivity contribution is -0.131. The smallest absolute Gasteiger partial charge is 0.407 e. The molecule has 2 atom stereocenters. The average molecular weight is 494 g/mol. The quantitative estimate of drug-likeness (QED) is 0.225. The highest BCUT2D eigenvalue weighted by Crippen LogP contribution is 2.18. The van der Waals surface area contributed by atoms with Crippen LogP contribution in [0.25, 0.3) is 0 Å². The second kappa shape index (κ2) is 12.1. The van der Waals surface area contributed by atoms with Crippen molar-refractivity contribution >= 4 is 28.0 Å². The molecule has 184 valence electrons. The summed E-state index contributed by atoms with van der Waals surface area (Å²) in [5.41, 5.74) is 1.43. The van der Waals surface area contributed by atoms with Gasteiger partial charge in [0.1, 0.15) is 19.2 Å². The third-order valence-corrected chi connectivity index (χ3v) is 5.88. The van der Waals surface area contributed by atoms with Crippen LogP contribution in [-0.2, 0) is 37.5 Å². The van der Waals surface area contributed by atoms with E-state index in [9.17, 15) is 32.5 Å². The normalized spacial score (nSPS) is 13.7. The number of carbonyl (C=O) groups is 3. The van der Waals surface area contributed by atoms with Crippen LogP contribution in [0.3, 0.4) is 0 Å². The third-order valence-electron chi connectivity index (χ3n) is 4.72. The molecule has 0 radical (unpaired) electrons. The fraction of sp³-hybridized carbons (Fsp3) is 0.318. The number of amides is 3. The van der Waals surface area contributed by atoms with Crippen LogP contribution in [0.5, 0.6) is 0 Å². The molecule has 0 fully saturated rings. The lowest BCUT2D eigenvalue weighted by Gasteiger charge is -2.27. The summed E-state index contributed by atoms with van der Waals surface area (Å²) in [6.07, 6.45) is -1.35. The van der Waals surface area contributed by atoms with Crippen molar-refractivity contribution in [2.24, 2.45) is 0 Å². The van der Waals surface area contributed by atoms with Crippen LogP contribution in [0.4, 0.5) is 4.79 Å². The highest BCUT2D eigenvalue weighted by atomic mass is 32.2. The Labute approximate surface area is 197 Å². The van der Waals surface area contributed by atoms with Crippen molar-refractivity contribution in [3.8, 4) is 0 Å². The highest BCUT2D eigenvalue weighted by Gasteiger charge is 2.43. The Balaban J connectivity index is 1.83. The summed E-state index contributed by atoms with van der Waals surface area (Å²) in [6.45, 7) is 0.731. The van der Waals surface area contributed by atoms with E-state index in [4.69, 9.17) is 4.74 Å². The maximum Gasteiger partial charge on any atom is 0.407 e. The molecule has 0 saturated heterocycles. The first kappa shape index (κ1) is 26.8. The summed E-state index contributed by atoms with van der Waals surface area (Å²) in [5, 5.41) is 13.8. The molecule has 11 nitrogen and oxygen atoms in total. The molecule has 5 N–H and O–H groups in total. The van der Waals surface area contributed by atoms with Gasteiger partial charge >= 0.3 is 16.2 Å². The second-order valence-electron chi connectivity index (χ2n) is 7.44. The Bertz CT molecular complexity index is 1080. The van der Waals surface area contributed by atoms with Crippen LogP contribution in [0, 0.1) is 0 Å². The largest absolute Gasteiger partial charge is 0.445 e. The van der Waals surface area contributed by atoms with Gasteiger partial charge in [0, 0.05) is 6.42 Å². The zero-order chi connectivity index (χ0) is 25.2. The molecule has 0 aliphatic rings. The topological polar surface area (TPSA) is 171 Å². The molecule has 1 unspecified atom stereocenters. The number of ether oxygens (including phenoxy) is 1. The number of carbonyl (C=O) groups excluding carboxylic acids is 3. The molecule has 2 rings (SSSR count).